The Hall–Kier alpha value is -0.900. The summed E-state index contributed by atoms with van der Waals surface area (Å²) >= 11 is 0. The molecule has 1 aliphatic carbocycles. The van der Waals surface area contributed by atoms with Crippen LogP contribution >= 0.6 is 0 Å². The molecule has 14 heavy (non-hydrogen) atoms. The average Bonchev–Trinajstić information content (AvgIpc) is 2.75. The Kier molecular flexibility index (Phi) is 1.83. The molecule has 2 aliphatic rings. The molecule has 0 spiro atoms. The summed E-state index contributed by atoms with van der Waals surface area (Å²) in [6, 6.07) is 0.287. The zero-order valence-electron chi connectivity index (χ0n) is 8.36. The Bertz CT molecular complexity index is 332. The van der Waals surface area contributed by atoms with Gasteiger partial charge in [-0.1, -0.05) is 12.1 Å². The smallest absolute Gasteiger partial charge is 0.244 e. The molecule has 1 aliphatic heterocycles. The molecular weight excluding hydrogens is 178 g/mol. The first-order chi connectivity index (χ1) is 6.84. The van der Waals surface area contributed by atoms with Crippen molar-refractivity contribution in [2.75, 3.05) is 6.54 Å². The summed E-state index contributed by atoms with van der Waals surface area (Å²) in [6.07, 6.45) is 3.66. The lowest BCUT2D eigenvalue weighted by Crippen LogP contribution is -2.16. The summed E-state index contributed by atoms with van der Waals surface area (Å²) in [5.41, 5.74) is 0. The first-order valence-corrected chi connectivity index (χ1v) is 5.41. The van der Waals surface area contributed by atoms with Gasteiger partial charge in [-0.05, 0) is 31.7 Å². The van der Waals surface area contributed by atoms with Crippen molar-refractivity contribution in [3.8, 4) is 0 Å². The first-order valence-electron chi connectivity index (χ1n) is 5.41. The highest BCUT2D eigenvalue weighted by Crippen LogP contribution is 2.39. The lowest BCUT2D eigenvalue weighted by Gasteiger charge is -2.08. The van der Waals surface area contributed by atoms with Gasteiger partial charge < -0.3 is 9.84 Å². The minimum atomic E-state index is 0.287. The highest BCUT2D eigenvalue weighted by atomic mass is 16.5. The molecule has 3 rings (SSSR count). The number of nitrogens with zero attached hydrogens (tertiary/aromatic N) is 2. The van der Waals surface area contributed by atoms with Gasteiger partial charge in [-0.25, -0.2) is 0 Å². The summed E-state index contributed by atoms with van der Waals surface area (Å²) in [5.74, 6) is 2.91. The van der Waals surface area contributed by atoms with Crippen LogP contribution < -0.4 is 5.32 Å². The molecule has 2 heterocycles. The third-order valence-corrected chi connectivity index (χ3v) is 3.20. The standard InChI is InChI=1S/C10H15N3O/c1-6-4-5-11-8(6)10-12-9(13-14-10)7-2-3-7/h6-8,11H,2-5H2,1H3. The van der Waals surface area contributed by atoms with Gasteiger partial charge in [-0.2, -0.15) is 4.98 Å². The Morgan fingerprint density at radius 1 is 1.36 bits per heavy atom. The van der Waals surface area contributed by atoms with Gasteiger partial charge in [0.1, 0.15) is 0 Å². The van der Waals surface area contributed by atoms with Crippen LogP contribution in [0.5, 0.6) is 0 Å². The van der Waals surface area contributed by atoms with E-state index < -0.39 is 0 Å². The number of hydrogen-bond acceptors (Lipinski definition) is 4. The molecule has 1 saturated carbocycles. The van der Waals surface area contributed by atoms with E-state index in [4.69, 9.17) is 4.52 Å². The summed E-state index contributed by atoms with van der Waals surface area (Å²) in [7, 11) is 0. The molecule has 0 bridgehead atoms. The maximum absolute atomic E-state index is 5.30. The van der Waals surface area contributed by atoms with Gasteiger partial charge in [0.25, 0.3) is 0 Å². The summed E-state index contributed by atoms with van der Waals surface area (Å²) in [6.45, 7) is 3.29. The van der Waals surface area contributed by atoms with Crippen LogP contribution in [0.25, 0.3) is 0 Å². The van der Waals surface area contributed by atoms with E-state index in [2.05, 4.69) is 22.4 Å². The molecule has 0 radical (unpaired) electrons. The van der Waals surface area contributed by atoms with Gasteiger partial charge in [0.2, 0.25) is 5.89 Å². The van der Waals surface area contributed by atoms with Crippen molar-refractivity contribution in [1.29, 1.82) is 0 Å². The topological polar surface area (TPSA) is 51.0 Å². The summed E-state index contributed by atoms with van der Waals surface area (Å²) in [4.78, 5) is 4.46. The van der Waals surface area contributed by atoms with Gasteiger partial charge >= 0.3 is 0 Å². The van der Waals surface area contributed by atoms with Crippen LogP contribution in [0.3, 0.4) is 0 Å². The van der Waals surface area contributed by atoms with Crippen LogP contribution in [-0.2, 0) is 0 Å². The minimum absolute atomic E-state index is 0.287. The number of aromatic nitrogens is 2. The van der Waals surface area contributed by atoms with Crippen molar-refractivity contribution in [2.24, 2.45) is 5.92 Å². The van der Waals surface area contributed by atoms with Gasteiger partial charge in [-0.3, -0.25) is 0 Å². The second kappa shape index (κ2) is 3.05. The second-order valence-corrected chi connectivity index (χ2v) is 4.46. The highest BCUT2D eigenvalue weighted by molar-refractivity contribution is 5.06. The van der Waals surface area contributed by atoms with E-state index >= 15 is 0 Å². The number of rotatable bonds is 2. The van der Waals surface area contributed by atoms with Crippen molar-refractivity contribution >= 4 is 0 Å². The largest absolute Gasteiger partial charge is 0.338 e. The van der Waals surface area contributed by atoms with E-state index in [1.807, 2.05) is 0 Å². The zero-order chi connectivity index (χ0) is 9.54. The third kappa shape index (κ3) is 1.34. The Labute approximate surface area is 83.1 Å². The Morgan fingerprint density at radius 3 is 2.86 bits per heavy atom. The van der Waals surface area contributed by atoms with Crippen LogP contribution in [-0.4, -0.2) is 16.7 Å². The number of hydrogen-bond donors (Lipinski definition) is 1. The monoisotopic (exact) mass is 193 g/mol. The van der Waals surface area contributed by atoms with Crippen LogP contribution in [0.15, 0.2) is 4.52 Å². The molecule has 1 N–H and O–H groups in total. The van der Waals surface area contributed by atoms with Crippen molar-refractivity contribution < 1.29 is 4.52 Å². The molecular formula is C10H15N3O. The van der Waals surface area contributed by atoms with E-state index in [9.17, 15) is 0 Å². The van der Waals surface area contributed by atoms with Gasteiger partial charge in [0, 0.05) is 5.92 Å². The lowest BCUT2D eigenvalue weighted by molar-refractivity contribution is 0.317. The van der Waals surface area contributed by atoms with E-state index in [1.165, 1.54) is 19.3 Å². The molecule has 4 heteroatoms. The average molecular weight is 193 g/mol. The molecule has 76 valence electrons. The normalized spacial score (nSPS) is 32.4. The van der Waals surface area contributed by atoms with Crippen molar-refractivity contribution in [3.63, 3.8) is 0 Å². The lowest BCUT2D eigenvalue weighted by atomic mass is 10.0. The fourth-order valence-corrected chi connectivity index (χ4v) is 2.05. The fraction of sp³-hybridized carbons (Fsp3) is 0.800. The van der Waals surface area contributed by atoms with Crippen molar-refractivity contribution in [1.82, 2.24) is 15.5 Å². The van der Waals surface area contributed by atoms with Crippen LogP contribution in [0, 0.1) is 5.92 Å². The molecule has 4 nitrogen and oxygen atoms in total. The number of nitrogens with one attached hydrogen (secondary N) is 1. The van der Waals surface area contributed by atoms with Crippen molar-refractivity contribution in [2.45, 2.75) is 38.1 Å². The zero-order valence-corrected chi connectivity index (χ0v) is 8.36. The van der Waals surface area contributed by atoms with Gasteiger partial charge in [-0.15, -0.1) is 0 Å². The second-order valence-electron chi connectivity index (χ2n) is 4.46. The van der Waals surface area contributed by atoms with Gasteiger partial charge in [0.05, 0.1) is 6.04 Å². The molecule has 0 amide bonds. The van der Waals surface area contributed by atoms with E-state index in [0.717, 1.165) is 18.3 Å². The minimum Gasteiger partial charge on any atom is -0.338 e. The van der Waals surface area contributed by atoms with Crippen LogP contribution in [0.1, 0.15) is 49.9 Å². The van der Waals surface area contributed by atoms with E-state index in [0.29, 0.717) is 11.8 Å². The Morgan fingerprint density at radius 2 is 2.21 bits per heavy atom. The maximum Gasteiger partial charge on any atom is 0.244 e. The molecule has 1 saturated heterocycles. The summed E-state index contributed by atoms with van der Waals surface area (Å²) < 4.78 is 5.30. The van der Waals surface area contributed by atoms with Crippen LogP contribution in [0.4, 0.5) is 0 Å². The van der Waals surface area contributed by atoms with E-state index in [-0.39, 0.29) is 6.04 Å². The maximum atomic E-state index is 5.30. The third-order valence-electron chi connectivity index (χ3n) is 3.20. The van der Waals surface area contributed by atoms with Crippen molar-refractivity contribution in [3.05, 3.63) is 11.7 Å². The molecule has 2 fully saturated rings. The summed E-state index contributed by atoms with van der Waals surface area (Å²) in [5, 5.41) is 7.43. The fourth-order valence-electron chi connectivity index (χ4n) is 2.05. The molecule has 2 atom stereocenters. The molecule has 2 unspecified atom stereocenters. The SMILES string of the molecule is CC1CCNC1c1nc(C2CC2)no1. The molecule has 1 aromatic rings. The van der Waals surface area contributed by atoms with Crippen LogP contribution in [0.2, 0.25) is 0 Å². The van der Waals surface area contributed by atoms with Gasteiger partial charge in [0.15, 0.2) is 5.82 Å². The predicted molar refractivity (Wildman–Crippen MR) is 50.8 cm³/mol. The highest BCUT2D eigenvalue weighted by Gasteiger charge is 2.33. The quantitative estimate of drug-likeness (QED) is 0.775. The molecule has 1 aromatic heterocycles. The predicted octanol–water partition coefficient (Wildman–Crippen LogP) is 1.62. The Balaban J connectivity index is 1.81. The van der Waals surface area contributed by atoms with E-state index in [1.54, 1.807) is 0 Å². The molecule has 0 aromatic carbocycles. The first kappa shape index (κ1) is 8.41.